The summed E-state index contributed by atoms with van der Waals surface area (Å²) >= 11 is 0.264. The Morgan fingerprint density at radius 1 is 0.671 bits per heavy atom. The summed E-state index contributed by atoms with van der Waals surface area (Å²) < 4.78 is 80.3. The number of hydrogen-bond acceptors (Lipinski definition) is 28. The molecule has 0 spiro atoms. The van der Waals surface area contributed by atoms with Crippen molar-refractivity contribution in [3.63, 3.8) is 0 Å². The van der Waals surface area contributed by atoms with Gasteiger partial charge in [-0.3, -0.25) is 5.04 Å². The predicted octanol–water partition coefficient (Wildman–Crippen LogP) is -12.1. The van der Waals surface area contributed by atoms with Gasteiger partial charge in [-0.05, 0) is 36.4 Å². The molecule has 40 heteroatoms. The minimum atomic E-state index is -5.26. The van der Waals surface area contributed by atoms with E-state index in [1.807, 2.05) is 6.07 Å². The van der Waals surface area contributed by atoms with Crippen LogP contribution in [0.3, 0.4) is 0 Å². The molecule has 5 aromatic heterocycles. The van der Waals surface area contributed by atoms with Crippen molar-refractivity contribution in [2.24, 2.45) is 20.5 Å². The van der Waals surface area contributed by atoms with Crippen LogP contribution in [-0.2, 0) is 34.5 Å². The average Bonchev–Trinajstić information content (AvgIpc) is 4.42. The largest absolute Gasteiger partial charge is 1.00 e. The van der Waals surface area contributed by atoms with Crippen molar-refractivity contribution in [2.45, 2.75) is 14.7 Å². The Morgan fingerprint density at radius 3 is 1.65 bits per heavy atom. The summed E-state index contributed by atoms with van der Waals surface area (Å²) in [6, 6.07) is 22.4. The second kappa shape index (κ2) is 28.2. The molecule has 0 atom stereocenters. The van der Waals surface area contributed by atoms with Crippen LogP contribution in [0.5, 0.6) is 6.01 Å². The molecule has 0 aliphatic carbocycles. The van der Waals surface area contributed by atoms with Crippen LogP contribution in [0.1, 0.15) is 15.9 Å². The Morgan fingerprint density at radius 2 is 1.16 bits per heavy atom. The Balaban J connectivity index is 0.00000289. The van der Waals surface area contributed by atoms with Crippen molar-refractivity contribution in [1.29, 1.82) is 5.26 Å². The third-order valence-electron chi connectivity index (χ3n) is 10.3. The SMILES string of the molecule is [C-]#[N+]c1cnn(-c2cc(SOO[O-])cc(S(=O)(=O)[O-])c2)c1N=Nc1c(-c2ccccc2)nn(-c2nc([O-])nc(-n3nc(-c4ccccc4)c(N=Nc4c(C#N)cnn4-c4cc(C(=O)O[O-])cc(S(=O)(=O)[O-])c4)c3N)n2)c1N.[Li+].[Li+].[Li+].[Li+].[Li+]. The molecular weight excluding hydrogens is 1110 g/mol. The Labute approximate surface area is 524 Å². The van der Waals surface area contributed by atoms with E-state index in [0.717, 1.165) is 55.4 Å². The van der Waals surface area contributed by atoms with Crippen LogP contribution in [0.4, 0.5) is 40.3 Å². The maximum Gasteiger partial charge on any atom is 1.00 e. The molecule has 0 saturated carbocycles. The number of nitriles is 1. The standard InChI is InChI=1S/C42H27N19O13S3.5Li/c1-46-30-20-48-59(26-14-27(75-74-73-65)17-29(16-26)77(69,70)71)38(30)55-53-34-32(22-10-6-3-7-11-22)57-61(36(34)45)41-49-40(50-42(63)51-41)60-35(44)33(31(56-60)21-8-4-2-5-9-21)52-54-37-24(18-43)19-47-58(37)25-12-23(39(62)72-64)13-28(15-25)76(66,67)68;;;;;/h2-17,19-20,64-65H,44-45H2,(H,66,67,68)(H,69,70,71)(H,49,50,51,63);;;;;/q;5*+1/p-5. The van der Waals surface area contributed by atoms with Gasteiger partial charge in [0.1, 0.15) is 43.3 Å². The first kappa shape index (κ1) is 67.3. The van der Waals surface area contributed by atoms with Crippen molar-refractivity contribution >= 4 is 78.6 Å². The summed E-state index contributed by atoms with van der Waals surface area (Å²) in [5.41, 5.74) is 12.0. The summed E-state index contributed by atoms with van der Waals surface area (Å²) in [6.45, 7) is 7.77. The fourth-order valence-corrected chi connectivity index (χ4v) is 8.59. The zero-order valence-corrected chi connectivity index (χ0v) is 45.1. The van der Waals surface area contributed by atoms with Crippen molar-refractivity contribution in [2.75, 3.05) is 11.5 Å². The Hall–Kier alpha value is -7.22. The van der Waals surface area contributed by atoms with Gasteiger partial charge >= 0.3 is 100 Å². The van der Waals surface area contributed by atoms with E-state index in [1.165, 1.54) is 6.07 Å². The van der Waals surface area contributed by atoms with Gasteiger partial charge in [-0.25, -0.2) is 45.8 Å². The minimum Gasteiger partial charge on any atom is -0.844 e. The molecule has 4 aromatic carbocycles. The molecule has 0 aliphatic rings. The maximum absolute atomic E-state index is 13.4. The van der Waals surface area contributed by atoms with Gasteiger partial charge in [0.2, 0.25) is 0 Å². The van der Waals surface area contributed by atoms with Gasteiger partial charge < -0.3 is 41.1 Å². The molecule has 0 amide bonds. The third-order valence-corrected chi connectivity index (χ3v) is 12.5. The van der Waals surface area contributed by atoms with E-state index >= 15 is 0 Å². The molecule has 4 N–H and O–H groups in total. The molecular formula is C42H22Li5N19O13S3. The molecule has 0 bridgehead atoms. The topological polar surface area (TPSA) is 468 Å². The number of aromatic nitrogens is 11. The fraction of sp³-hybridized carbons (Fsp3) is 0. The first-order valence-corrected chi connectivity index (χ1v) is 24.2. The molecule has 82 heavy (non-hydrogen) atoms. The van der Waals surface area contributed by atoms with Crippen LogP contribution in [0, 0.1) is 17.9 Å². The van der Waals surface area contributed by atoms with Crippen LogP contribution in [-0.4, -0.2) is 86.0 Å². The van der Waals surface area contributed by atoms with Gasteiger partial charge in [0.05, 0.1) is 63.7 Å². The smallest absolute Gasteiger partial charge is 0.844 e. The second-order valence-electron chi connectivity index (χ2n) is 15.0. The second-order valence-corrected chi connectivity index (χ2v) is 18.5. The first-order valence-electron chi connectivity index (χ1n) is 20.7. The van der Waals surface area contributed by atoms with E-state index < -0.39 is 65.3 Å². The van der Waals surface area contributed by atoms with E-state index in [2.05, 4.69) is 74.9 Å². The number of hydrogen-bond donors (Lipinski definition) is 2. The third kappa shape index (κ3) is 14.2. The predicted molar refractivity (Wildman–Crippen MR) is 249 cm³/mol. The minimum absolute atomic E-state index is 0. The fourth-order valence-electron chi connectivity index (χ4n) is 6.99. The van der Waals surface area contributed by atoms with Crippen LogP contribution in [0.2, 0.25) is 0 Å². The number of carbonyl (C=O) groups is 1. The number of rotatable bonds is 16. The van der Waals surface area contributed by atoms with Crippen molar-refractivity contribution in [3.8, 4) is 57.9 Å². The molecule has 386 valence electrons. The van der Waals surface area contributed by atoms with Gasteiger partial charge in [0.25, 0.3) is 17.6 Å². The van der Waals surface area contributed by atoms with Crippen LogP contribution in [0.15, 0.2) is 145 Å². The molecule has 9 rings (SSSR count). The molecule has 32 nitrogen and oxygen atoms in total. The summed E-state index contributed by atoms with van der Waals surface area (Å²) in [7, 11) is -10.4. The Kier molecular flexibility index (Phi) is 23.1. The van der Waals surface area contributed by atoms with Crippen LogP contribution < -0.4 is 121 Å². The van der Waals surface area contributed by atoms with E-state index in [-0.39, 0.29) is 174 Å². The molecule has 5 heterocycles. The van der Waals surface area contributed by atoms with E-state index in [0.29, 0.717) is 17.2 Å². The number of anilines is 2. The van der Waals surface area contributed by atoms with E-state index in [9.17, 15) is 51.6 Å². The van der Waals surface area contributed by atoms with Gasteiger partial charge in [-0.15, -0.1) is 20.5 Å². The molecule has 0 radical (unpaired) electrons. The summed E-state index contributed by atoms with van der Waals surface area (Å²) in [5.74, 6) is -4.10. The normalized spacial score (nSPS) is 11.1. The molecule has 0 aliphatic heterocycles. The Bertz CT molecular complexity index is 4220. The number of nitrogen functional groups attached to an aromatic ring is 2. The van der Waals surface area contributed by atoms with Gasteiger partial charge in [0.15, 0.2) is 34.6 Å². The van der Waals surface area contributed by atoms with Crippen LogP contribution in [0.25, 0.3) is 50.6 Å². The molecule has 0 unspecified atom stereocenters. The van der Waals surface area contributed by atoms with Crippen molar-refractivity contribution < 1.29 is 155 Å². The monoisotopic (exact) mass is 1130 g/mol. The van der Waals surface area contributed by atoms with Crippen molar-refractivity contribution in [1.82, 2.24) is 54.1 Å². The van der Waals surface area contributed by atoms with E-state index in [1.54, 1.807) is 60.7 Å². The molecule has 0 fully saturated rings. The number of carbonyl (C=O) groups excluding carboxylic acids is 1. The summed E-state index contributed by atoms with van der Waals surface area (Å²) in [4.78, 5) is 29.4. The van der Waals surface area contributed by atoms with Gasteiger partial charge in [0, 0.05) is 16.0 Å². The van der Waals surface area contributed by atoms with Crippen LogP contribution >= 0.6 is 12.0 Å². The zero-order valence-electron chi connectivity index (χ0n) is 42.7. The molecule has 0 saturated heterocycles. The molecule has 9 aromatic rings. The average molecular weight is 1130 g/mol. The summed E-state index contributed by atoms with van der Waals surface area (Å²) in [6.07, 6.45) is 2.06. The number of azo groups is 2. The quantitative estimate of drug-likeness (QED) is 0.0172. The van der Waals surface area contributed by atoms with Gasteiger partial charge in [-0.1, -0.05) is 60.7 Å². The first-order chi connectivity index (χ1) is 36.9. The number of benzene rings is 4. The zero-order chi connectivity index (χ0) is 54.8. The number of nitrogens with two attached hydrogens (primary N) is 2. The number of nitrogens with zero attached hydrogens (tertiary/aromatic N) is 17. The maximum atomic E-state index is 13.4. The van der Waals surface area contributed by atoms with E-state index in [4.69, 9.17) is 18.0 Å². The van der Waals surface area contributed by atoms with Gasteiger partial charge in [-0.2, -0.15) is 44.3 Å². The van der Waals surface area contributed by atoms with Crippen molar-refractivity contribution in [3.05, 3.63) is 132 Å². The summed E-state index contributed by atoms with van der Waals surface area (Å²) in [5, 5.41) is 82.5.